The van der Waals surface area contributed by atoms with Gasteiger partial charge in [-0.05, 0) is 37.9 Å². The largest absolute Gasteiger partial charge is 0.508 e. The van der Waals surface area contributed by atoms with Crippen LogP contribution in [0.1, 0.15) is 36.4 Å². The van der Waals surface area contributed by atoms with E-state index in [9.17, 15) is 5.11 Å². The molecule has 2 nitrogen and oxygen atoms in total. The first-order valence-electron chi connectivity index (χ1n) is 5.31. The van der Waals surface area contributed by atoms with Crippen molar-refractivity contribution in [3.8, 4) is 5.75 Å². The maximum absolute atomic E-state index is 9.80. The highest BCUT2D eigenvalue weighted by molar-refractivity contribution is 5.41. The number of piperidine rings is 1. The van der Waals surface area contributed by atoms with Gasteiger partial charge in [0, 0.05) is 11.6 Å². The highest BCUT2D eigenvalue weighted by atomic mass is 16.3. The quantitative estimate of drug-likeness (QED) is 0.715. The van der Waals surface area contributed by atoms with Crippen molar-refractivity contribution in [1.82, 2.24) is 5.32 Å². The van der Waals surface area contributed by atoms with E-state index in [1.165, 1.54) is 18.4 Å². The first kappa shape index (κ1) is 9.53. The number of aryl methyl sites for hydroxylation is 1. The lowest BCUT2D eigenvalue weighted by Gasteiger charge is -2.25. The van der Waals surface area contributed by atoms with Gasteiger partial charge in [0.05, 0.1) is 0 Å². The number of hydrogen-bond donors (Lipinski definition) is 2. The number of benzene rings is 1. The normalized spacial score (nSPS) is 22.2. The molecule has 0 aliphatic carbocycles. The van der Waals surface area contributed by atoms with Gasteiger partial charge in [-0.3, -0.25) is 0 Å². The zero-order valence-electron chi connectivity index (χ0n) is 8.59. The average Bonchev–Trinajstić information content (AvgIpc) is 2.19. The summed E-state index contributed by atoms with van der Waals surface area (Å²) >= 11 is 0. The van der Waals surface area contributed by atoms with E-state index in [-0.39, 0.29) is 0 Å². The van der Waals surface area contributed by atoms with E-state index in [0.717, 1.165) is 18.5 Å². The van der Waals surface area contributed by atoms with Gasteiger partial charge < -0.3 is 10.4 Å². The second-order valence-corrected chi connectivity index (χ2v) is 4.01. The Labute approximate surface area is 85.0 Å². The Morgan fingerprint density at radius 1 is 1.36 bits per heavy atom. The molecule has 1 saturated heterocycles. The molecule has 0 amide bonds. The fraction of sp³-hybridized carbons (Fsp3) is 0.500. The highest BCUT2D eigenvalue weighted by Gasteiger charge is 2.19. The van der Waals surface area contributed by atoms with Crippen LogP contribution in [0.15, 0.2) is 18.2 Å². The molecule has 0 aromatic heterocycles. The summed E-state index contributed by atoms with van der Waals surface area (Å²) < 4.78 is 0. The van der Waals surface area contributed by atoms with E-state index in [2.05, 4.69) is 18.3 Å². The fourth-order valence-electron chi connectivity index (χ4n) is 2.22. The molecule has 76 valence electrons. The number of phenolic OH excluding ortho intramolecular Hbond substituents is 1. The molecule has 0 saturated carbocycles. The van der Waals surface area contributed by atoms with Crippen LogP contribution < -0.4 is 5.32 Å². The van der Waals surface area contributed by atoms with Crippen LogP contribution in [0, 0.1) is 6.92 Å². The predicted octanol–water partition coefficient (Wildman–Crippen LogP) is 2.52. The summed E-state index contributed by atoms with van der Waals surface area (Å²) in [6.07, 6.45) is 3.65. The van der Waals surface area contributed by atoms with Crippen molar-refractivity contribution in [1.29, 1.82) is 0 Å². The van der Waals surface area contributed by atoms with Crippen molar-refractivity contribution in [3.05, 3.63) is 29.3 Å². The lowest BCUT2D eigenvalue weighted by Crippen LogP contribution is -2.27. The van der Waals surface area contributed by atoms with Crippen LogP contribution in [-0.4, -0.2) is 11.7 Å². The topological polar surface area (TPSA) is 32.3 Å². The molecule has 1 fully saturated rings. The number of phenols is 1. The van der Waals surface area contributed by atoms with Gasteiger partial charge in [-0.25, -0.2) is 0 Å². The minimum absolute atomic E-state index is 0.352. The van der Waals surface area contributed by atoms with Crippen LogP contribution in [0.3, 0.4) is 0 Å². The molecular formula is C12H17NO. The smallest absolute Gasteiger partial charge is 0.120 e. The summed E-state index contributed by atoms with van der Waals surface area (Å²) in [6.45, 7) is 3.13. The summed E-state index contributed by atoms with van der Waals surface area (Å²) in [6, 6.07) is 6.09. The van der Waals surface area contributed by atoms with Gasteiger partial charge in [0.15, 0.2) is 0 Å². The lowest BCUT2D eigenvalue weighted by atomic mass is 9.93. The van der Waals surface area contributed by atoms with Crippen LogP contribution in [0.25, 0.3) is 0 Å². The second kappa shape index (κ2) is 4.01. The zero-order chi connectivity index (χ0) is 9.97. The summed E-state index contributed by atoms with van der Waals surface area (Å²) in [4.78, 5) is 0. The molecule has 2 rings (SSSR count). The number of aromatic hydroxyl groups is 1. The molecule has 0 bridgehead atoms. The number of nitrogens with one attached hydrogen (secondary N) is 1. The van der Waals surface area contributed by atoms with Crippen molar-refractivity contribution in [3.63, 3.8) is 0 Å². The standard InChI is InChI=1S/C12H17NO/c1-9-5-4-7-11(14)12(9)10-6-2-3-8-13-10/h4-5,7,10,13-14H,2-3,6,8H2,1H3/t10-/m0/s1. The van der Waals surface area contributed by atoms with Crippen LogP contribution >= 0.6 is 0 Å². The van der Waals surface area contributed by atoms with Gasteiger partial charge >= 0.3 is 0 Å². The second-order valence-electron chi connectivity index (χ2n) is 4.01. The van der Waals surface area contributed by atoms with Crippen molar-refractivity contribution in [2.75, 3.05) is 6.54 Å². The molecule has 1 aliphatic rings. The molecule has 14 heavy (non-hydrogen) atoms. The molecule has 2 N–H and O–H groups in total. The first-order chi connectivity index (χ1) is 6.79. The lowest BCUT2D eigenvalue weighted by molar-refractivity contribution is 0.389. The van der Waals surface area contributed by atoms with E-state index in [1.807, 2.05) is 6.07 Å². The van der Waals surface area contributed by atoms with Crippen LogP contribution in [-0.2, 0) is 0 Å². The van der Waals surface area contributed by atoms with E-state index in [1.54, 1.807) is 6.07 Å². The third kappa shape index (κ3) is 1.75. The summed E-state index contributed by atoms with van der Waals surface area (Å²) in [7, 11) is 0. The van der Waals surface area contributed by atoms with E-state index in [4.69, 9.17) is 0 Å². The molecule has 1 aliphatic heterocycles. The van der Waals surface area contributed by atoms with Gasteiger partial charge in [0.25, 0.3) is 0 Å². The minimum Gasteiger partial charge on any atom is -0.508 e. The molecule has 2 heteroatoms. The molecule has 0 radical (unpaired) electrons. The van der Waals surface area contributed by atoms with Crippen molar-refractivity contribution < 1.29 is 5.11 Å². The van der Waals surface area contributed by atoms with Crippen molar-refractivity contribution in [2.24, 2.45) is 0 Å². The highest BCUT2D eigenvalue weighted by Crippen LogP contribution is 2.32. The maximum atomic E-state index is 9.80. The predicted molar refractivity (Wildman–Crippen MR) is 57.4 cm³/mol. The van der Waals surface area contributed by atoms with Crippen molar-refractivity contribution in [2.45, 2.75) is 32.2 Å². The Morgan fingerprint density at radius 2 is 2.21 bits per heavy atom. The first-order valence-corrected chi connectivity index (χ1v) is 5.31. The number of rotatable bonds is 1. The Balaban J connectivity index is 2.29. The number of hydrogen-bond acceptors (Lipinski definition) is 2. The van der Waals surface area contributed by atoms with Crippen LogP contribution in [0.5, 0.6) is 5.75 Å². The monoisotopic (exact) mass is 191 g/mol. The third-order valence-electron chi connectivity index (χ3n) is 2.96. The Bertz CT molecular complexity index is 296. The van der Waals surface area contributed by atoms with Gasteiger partial charge in [-0.15, -0.1) is 0 Å². The van der Waals surface area contributed by atoms with Gasteiger partial charge in [-0.2, -0.15) is 0 Å². The molecule has 1 aromatic rings. The maximum Gasteiger partial charge on any atom is 0.120 e. The molecule has 0 unspecified atom stereocenters. The fourth-order valence-corrected chi connectivity index (χ4v) is 2.22. The summed E-state index contributed by atoms with van der Waals surface area (Å²) in [5, 5.41) is 13.3. The average molecular weight is 191 g/mol. The van der Waals surface area contributed by atoms with E-state index >= 15 is 0 Å². The van der Waals surface area contributed by atoms with E-state index in [0.29, 0.717) is 11.8 Å². The summed E-state index contributed by atoms with van der Waals surface area (Å²) in [5.41, 5.74) is 2.27. The van der Waals surface area contributed by atoms with Gasteiger partial charge in [0.1, 0.15) is 5.75 Å². The Morgan fingerprint density at radius 3 is 2.86 bits per heavy atom. The third-order valence-corrected chi connectivity index (χ3v) is 2.96. The SMILES string of the molecule is Cc1cccc(O)c1[C@@H]1CCCCN1. The van der Waals surface area contributed by atoms with Crippen LogP contribution in [0.4, 0.5) is 0 Å². The molecular weight excluding hydrogens is 174 g/mol. The van der Waals surface area contributed by atoms with Crippen LogP contribution in [0.2, 0.25) is 0 Å². The van der Waals surface area contributed by atoms with Gasteiger partial charge in [-0.1, -0.05) is 18.6 Å². The zero-order valence-corrected chi connectivity index (χ0v) is 8.59. The molecule has 1 atom stereocenters. The van der Waals surface area contributed by atoms with E-state index < -0.39 is 0 Å². The van der Waals surface area contributed by atoms with Crippen molar-refractivity contribution >= 4 is 0 Å². The minimum atomic E-state index is 0.352. The molecule has 1 aromatic carbocycles. The Hall–Kier alpha value is -1.02. The Kier molecular flexibility index (Phi) is 2.73. The van der Waals surface area contributed by atoms with Gasteiger partial charge in [0.2, 0.25) is 0 Å². The summed E-state index contributed by atoms with van der Waals surface area (Å²) in [5.74, 6) is 0.435. The molecule has 0 spiro atoms. The molecule has 1 heterocycles.